The number of aryl methyl sites for hydroxylation is 1. The Hall–Kier alpha value is -4.09. The number of ether oxygens (including phenoxy) is 1. The first-order valence-electron chi connectivity index (χ1n) is 12.8. The Morgan fingerprint density at radius 1 is 0.763 bits per heavy atom. The Morgan fingerprint density at radius 3 is 2.08 bits per heavy atom. The molecule has 0 fully saturated rings. The predicted molar refractivity (Wildman–Crippen MR) is 150 cm³/mol. The molecule has 0 saturated carbocycles. The standard InChI is InChI=1S/C33H29N2O2.BrH/c1-3-34-28-22-26(24-12-7-5-8-13-24)18-20-30(28)36-32(34)16-11-17-33-35(4-2)29-23-27(19-21-31(29)37-33)25-14-9-6-10-15-25;/h5-23H,3-4H2,1-2H3;1H/q+1;/p-1. The minimum atomic E-state index is 0. The Morgan fingerprint density at radius 2 is 1.42 bits per heavy atom. The number of halogens is 1. The third-order valence-electron chi connectivity index (χ3n) is 6.78. The summed E-state index contributed by atoms with van der Waals surface area (Å²) in [5, 5.41) is 0. The van der Waals surface area contributed by atoms with Gasteiger partial charge in [-0.1, -0.05) is 72.8 Å². The maximum absolute atomic E-state index is 6.22. The number of aromatic nitrogens is 1. The highest BCUT2D eigenvalue weighted by molar-refractivity contribution is 5.79. The second kappa shape index (κ2) is 11.1. The Labute approximate surface area is 233 Å². The fraction of sp³-hybridized carbons (Fsp3) is 0.121. The molecule has 0 unspecified atom stereocenters. The zero-order chi connectivity index (χ0) is 25.2. The number of benzene rings is 4. The van der Waals surface area contributed by atoms with E-state index in [2.05, 4.69) is 108 Å². The fourth-order valence-electron chi connectivity index (χ4n) is 4.94. The van der Waals surface area contributed by atoms with Gasteiger partial charge in [0.1, 0.15) is 6.54 Å². The summed E-state index contributed by atoms with van der Waals surface area (Å²) in [6.07, 6.45) is 6.02. The number of oxazole rings is 1. The number of hydrogen-bond donors (Lipinski definition) is 0. The predicted octanol–water partition coefficient (Wildman–Crippen LogP) is 4.85. The van der Waals surface area contributed by atoms with Crippen molar-refractivity contribution >= 4 is 22.9 Å². The average molecular weight is 566 g/mol. The first-order chi connectivity index (χ1) is 18.2. The molecule has 0 bridgehead atoms. The molecule has 0 spiro atoms. The lowest BCUT2D eigenvalue weighted by Gasteiger charge is -2.15. The smallest absolute Gasteiger partial charge is 0.374 e. The van der Waals surface area contributed by atoms with Crippen LogP contribution in [0.15, 0.2) is 120 Å². The molecule has 0 atom stereocenters. The van der Waals surface area contributed by atoms with E-state index in [0.717, 1.165) is 47.4 Å². The molecule has 4 aromatic carbocycles. The largest absolute Gasteiger partial charge is 1.00 e. The van der Waals surface area contributed by atoms with Crippen molar-refractivity contribution in [3.05, 3.63) is 121 Å². The third-order valence-corrected chi connectivity index (χ3v) is 6.78. The number of fused-ring (bicyclic) bond motifs is 2. The molecule has 1 aliphatic heterocycles. The summed E-state index contributed by atoms with van der Waals surface area (Å²) < 4.78 is 14.6. The van der Waals surface area contributed by atoms with Gasteiger partial charge in [0, 0.05) is 12.6 Å². The highest BCUT2D eigenvalue weighted by Gasteiger charge is 2.25. The van der Waals surface area contributed by atoms with Crippen molar-refractivity contribution in [1.82, 2.24) is 0 Å². The van der Waals surface area contributed by atoms with Gasteiger partial charge in [0.2, 0.25) is 11.5 Å². The van der Waals surface area contributed by atoms with Crippen molar-refractivity contribution in [2.45, 2.75) is 20.4 Å². The van der Waals surface area contributed by atoms with Crippen molar-refractivity contribution in [1.29, 1.82) is 0 Å². The van der Waals surface area contributed by atoms with Gasteiger partial charge in [-0.25, -0.2) is 0 Å². The van der Waals surface area contributed by atoms with Gasteiger partial charge in [-0.2, -0.15) is 4.57 Å². The van der Waals surface area contributed by atoms with Crippen LogP contribution in [-0.4, -0.2) is 6.54 Å². The molecule has 6 rings (SSSR count). The molecule has 0 aliphatic carbocycles. The second-order valence-corrected chi connectivity index (χ2v) is 8.99. The maximum atomic E-state index is 6.22. The summed E-state index contributed by atoms with van der Waals surface area (Å²) in [5.41, 5.74) is 7.81. The van der Waals surface area contributed by atoms with Crippen molar-refractivity contribution in [3.8, 4) is 28.0 Å². The molecular formula is C33H29BrN2O2. The highest BCUT2D eigenvalue weighted by atomic mass is 79.9. The summed E-state index contributed by atoms with van der Waals surface area (Å²) in [6.45, 7) is 5.90. The van der Waals surface area contributed by atoms with E-state index in [1.807, 2.05) is 30.4 Å². The summed E-state index contributed by atoms with van der Waals surface area (Å²) >= 11 is 0. The van der Waals surface area contributed by atoms with Crippen LogP contribution in [0, 0.1) is 0 Å². The SMILES string of the molecule is CCN1C(=CC=Cc2oc3ccc(-c4ccccc4)cc3[n+]2CC)Oc2ccc(-c3ccccc3)cc21.[Br-]. The van der Waals surface area contributed by atoms with Crippen molar-refractivity contribution in [3.63, 3.8) is 0 Å². The summed E-state index contributed by atoms with van der Waals surface area (Å²) in [6, 6.07) is 33.6. The van der Waals surface area contributed by atoms with Crippen molar-refractivity contribution in [2.24, 2.45) is 0 Å². The first kappa shape index (κ1) is 25.6. The van der Waals surface area contributed by atoms with Crippen molar-refractivity contribution < 1.29 is 30.7 Å². The lowest BCUT2D eigenvalue weighted by Crippen LogP contribution is -3.00. The van der Waals surface area contributed by atoms with Gasteiger partial charge in [0.05, 0.1) is 11.8 Å². The number of anilines is 1. The minimum absolute atomic E-state index is 0. The summed E-state index contributed by atoms with van der Waals surface area (Å²) in [4.78, 5) is 2.20. The molecule has 2 heterocycles. The van der Waals surface area contributed by atoms with Crippen LogP contribution in [0.1, 0.15) is 19.7 Å². The third kappa shape index (κ3) is 4.77. The van der Waals surface area contributed by atoms with Crippen LogP contribution in [0.5, 0.6) is 5.75 Å². The molecule has 38 heavy (non-hydrogen) atoms. The van der Waals surface area contributed by atoms with Gasteiger partial charge in [-0.05, 0) is 66.5 Å². The highest BCUT2D eigenvalue weighted by Crippen LogP contribution is 2.41. The first-order valence-corrected chi connectivity index (χ1v) is 12.8. The van der Waals surface area contributed by atoms with E-state index in [1.165, 1.54) is 22.3 Å². The topological polar surface area (TPSA) is 29.5 Å². The number of hydrogen-bond acceptors (Lipinski definition) is 3. The zero-order valence-corrected chi connectivity index (χ0v) is 23.1. The fourth-order valence-corrected chi connectivity index (χ4v) is 4.94. The van der Waals surface area contributed by atoms with Crippen LogP contribution >= 0.6 is 0 Å². The Balaban J connectivity index is 0.00000294. The molecule has 1 aromatic heterocycles. The zero-order valence-electron chi connectivity index (χ0n) is 21.5. The monoisotopic (exact) mass is 564 g/mol. The van der Waals surface area contributed by atoms with Gasteiger partial charge in [-0.3, -0.25) is 0 Å². The number of allylic oxidation sites excluding steroid dienone is 2. The summed E-state index contributed by atoms with van der Waals surface area (Å²) in [7, 11) is 0. The van der Waals surface area contributed by atoms with Crippen LogP contribution in [0.4, 0.5) is 5.69 Å². The van der Waals surface area contributed by atoms with E-state index in [4.69, 9.17) is 9.15 Å². The van der Waals surface area contributed by atoms with E-state index in [-0.39, 0.29) is 17.0 Å². The number of rotatable bonds is 6. The Bertz CT molecular complexity index is 1620. The second-order valence-electron chi connectivity index (χ2n) is 8.99. The van der Waals surface area contributed by atoms with E-state index in [9.17, 15) is 0 Å². The molecular weight excluding hydrogens is 536 g/mol. The maximum Gasteiger partial charge on any atom is 0.374 e. The summed E-state index contributed by atoms with van der Waals surface area (Å²) in [5.74, 6) is 2.50. The van der Waals surface area contributed by atoms with E-state index < -0.39 is 0 Å². The van der Waals surface area contributed by atoms with Gasteiger partial charge >= 0.3 is 5.89 Å². The molecule has 0 amide bonds. The van der Waals surface area contributed by atoms with E-state index in [1.54, 1.807) is 0 Å². The van der Waals surface area contributed by atoms with E-state index >= 15 is 0 Å². The van der Waals surface area contributed by atoms with Gasteiger partial charge in [0.15, 0.2) is 5.75 Å². The van der Waals surface area contributed by atoms with Crippen LogP contribution in [0.25, 0.3) is 39.4 Å². The van der Waals surface area contributed by atoms with Crippen LogP contribution in [0.2, 0.25) is 0 Å². The Kier molecular flexibility index (Phi) is 7.47. The lowest BCUT2D eigenvalue weighted by molar-refractivity contribution is -0.674. The molecule has 0 saturated heterocycles. The normalized spacial score (nSPS) is 13.6. The molecule has 4 nitrogen and oxygen atoms in total. The average Bonchev–Trinajstić information content (AvgIpc) is 3.49. The van der Waals surface area contributed by atoms with Crippen molar-refractivity contribution in [2.75, 3.05) is 11.4 Å². The van der Waals surface area contributed by atoms with Crippen LogP contribution < -0.4 is 31.2 Å². The molecule has 0 radical (unpaired) electrons. The molecule has 5 aromatic rings. The molecule has 5 heteroatoms. The quantitative estimate of drug-likeness (QED) is 0.276. The molecule has 0 N–H and O–H groups in total. The van der Waals surface area contributed by atoms with Gasteiger partial charge in [-0.15, -0.1) is 0 Å². The van der Waals surface area contributed by atoms with Gasteiger partial charge < -0.3 is 31.0 Å². The molecule has 190 valence electrons. The molecule has 1 aliphatic rings. The van der Waals surface area contributed by atoms with Crippen LogP contribution in [0.3, 0.4) is 0 Å². The minimum Gasteiger partial charge on any atom is -1.00 e. The van der Waals surface area contributed by atoms with Gasteiger partial charge in [0.25, 0.3) is 5.52 Å². The lowest BCUT2D eigenvalue weighted by atomic mass is 10.0. The van der Waals surface area contributed by atoms with Crippen LogP contribution in [-0.2, 0) is 6.54 Å². The van der Waals surface area contributed by atoms with E-state index in [0.29, 0.717) is 0 Å². The number of nitrogens with zero attached hydrogens (tertiary/aromatic N) is 2.